The lowest BCUT2D eigenvalue weighted by atomic mass is 10.0. The largest absolute Gasteiger partial charge is 0.489 e. The predicted octanol–water partition coefficient (Wildman–Crippen LogP) is 2.53. The van der Waals surface area contributed by atoms with Gasteiger partial charge in [-0.1, -0.05) is 6.92 Å². The zero-order valence-corrected chi connectivity index (χ0v) is 22.7. The van der Waals surface area contributed by atoms with E-state index >= 15 is 0 Å². The van der Waals surface area contributed by atoms with Gasteiger partial charge in [-0.25, -0.2) is 9.97 Å². The standard InChI is InChI=1S/C28H39N7O4/c1-2-22-27(30-18-5-11-37-12-6-18)33-28(25(32-22)26(29)36)31-19-3-4-23-24(15-19)39-17-21-16-34(9-10-35(21)23)20-7-13-38-14-8-20/h3-4,15,18,20-21H,2,5-14,16-17H2,1H3,(H2,29,36)(H2,30,31,33)/t21-/m0/s1. The van der Waals surface area contributed by atoms with Crippen LogP contribution in [0.25, 0.3) is 0 Å². The molecule has 4 N–H and O–H groups in total. The molecule has 0 aliphatic carbocycles. The lowest BCUT2D eigenvalue weighted by Crippen LogP contribution is -2.59. The van der Waals surface area contributed by atoms with E-state index in [0.29, 0.717) is 36.7 Å². The van der Waals surface area contributed by atoms with Gasteiger partial charge in [0.25, 0.3) is 5.91 Å². The average molecular weight is 538 g/mol. The van der Waals surface area contributed by atoms with E-state index in [0.717, 1.165) is 94.6 Å². The Labute approximate surface area is 229 Å². The molecule has 0 bridgehead atoms. The van der Waals surface area contributed by atoms with E-state index in [1.165, 1.54) is 0 Å². The average Bonchev–Trinajstić information content (AvgIpc) is 2.97. The van der Waals surface area contributed by atoms with Crippen LogP contribution in [-0.2, 0) is 15.9 Å². The van der Waals surface area contributed by atoms with Gasteiger partial charge in [0.05, 0.1) is 17.4 Å². The molecule has 0 spiro atoms. The molecule has 0 radical (unpaired) electrons. The lowest BCUT2D eigenvalue weighted by molar-refractivity contribution is 0.0231. The zero-order valence-electron chi connectivity index (χ0n) is 22.7. The van der Waals surface area contributed by atoms with E-state index < -0.39 is 5.91 Å². The lowest BCUT2D eigenvalue weighted by Gasteiger charge is -2.48. The number of anilines is 4. The van der Waals surface area contributed by atoms with Gasteiger partial charge in [0, 0.05) is 69.9 Å². The number of aryl methyl sites for hydroxylation is 1. The number of hydrogen-bond acceptors (Lipinski definition) is 10. The minimum atomic E-state index is -0.614. The van der Waals surface area contributed by atoms with Gasteiger partial charge in [0.2, 0.25) is 0 Å². The number of piperazine rings is 1. The highest BCUT2D eigenvalue weighted by Crippen LogP contribution is 2.38. The third kappa shape index (κ3) is 5.61. The van der Waals surface area contributed by atoms with E-state index in [9.17, 15) is 4.79 Å². The van der Waals surface area contributed by atoms with Gasteiger partial charge in [-0.05, 0) is 44.2 Å². The Morgan fingerprint density at radius 2 is 1.79 bits per heavy atom. The van der Waals surface area contributed by atoms with E-state index in [1.807, 2.05) is 19.1 Å². The van der Waals surface area contributed by atoms with Crippen LogP contribution < -0.4 is 26.0 Å². The number of amides is 1. The number of primary amides is 1. The maximum atomic E-state index is 12.3. The van der Waals surface area contributed by atoms with Crippen molar-refractivity contribution < 1.29 is 19.0 Å². The molecule has 210 valence electrons. The summed E-state index contributed by atoms with van der Waals surface area (Å²) in [6.07, 6.45) is 4.66. The monoisotopic (exact) mass is 537 g/mol. The number of ether oxygens (including phenoxy) is 3. The summed E-state index contributed by atoms with van der Waals surface area (Å²) in [6, 6.07) is 7.26. The number of nitrogens with two attached hydrogens (primary N) is 1. The topological polar surface area (TPSA) is 127 Å². The van der Waals surface area contributed by atoms with Crippen LogP contribution in [0.4, 0.5) is 23.0 Å². The molecular weight excluding hydrogens is 498 g/mol. The third-order valence-electron chi connectivity index (χ3n) is 8.28. The smallest absolute Gasteiger partial charge is 0.271 e. The van der Waals surface area contributed by atoms with Crippen molar-refractivity contribution in [3.8, 4) is 5.75 Å². The van der Waals surface area contributed by atoms with Crippen molar-refractivity contribution in [2.75, 3.05) is 68.2 Å². The van der Waals surface area contributed by atoms with Crippen molar-refractivity contribution >= 4 is 28.9 Å². The fraction of sp³-hybridized carbons (Fsp3) is 0.607. The van der Waals surface area contributed by atoms with Gasteiger partial charge in [-0.3, -0.25) is 9.69 Å². The summed E-state index contributed by atoms with van der Waals surface area (Å²) in [6.45, 7) is 8.83. The van der Waals surface area contributed by atoms with Crippen molar-refractivity contribution in [2.24, 2.45) is 5.73 Å². The highest BCUT2D eigenvalue weighted by atomic mass is 16.5. The van der Waals surface area contributed by atoms with Gasteiger partial charge in [-0.15, -0.1) is 0 Å². The van der Waals surface area contributed by atoms with Gasteiger partial charge < -0.3 is 35.5 Å². The molecule has 0 saturated carbocycles. The molecule has 0 unspecified atom stereocenters. The summed E-state index contributed by atoms with van der Waals surface area (Å²) in [5.41, 5.74) is 8.44. The van der Waals surface area contributed by atoms with Crippen LogP contribution in [0.1, 0.15) is 48.8 Å². The number of fused-ring (bicyclic) bond motifs is 3. The van der Waals surface area contributed by atoms with Crippen molar-refractivity contribution in [3.05, 3.63) is 29.6 Å². The summed E-state index contributed by atoms with van der Waals surface area (Å²) in [5, 5.41) is 6.81. The Balaban J connectivity index is 1.20. The molecule has 11 heteroatoms. The van der Waals surface area contributed by atoms with Crippen molar-refractivity contribution in [3.63, 3.8) is 0 Å². The first-order valence-electron chi connectivity index (χ1n) is 14.3. The number of carbonyl (C=O) groups is 1. The van der Waals surface area contributed by atoms with Crippen molar-refractivity contribution in [2.45, 2.75) is 57.2 Å². The second-order valence-corrected chi connectivity index (χ2v) is 10.8. The fourth-order valence-electron chi connectivity index (χ4n) is 6.11. The second-order valence-electron chi connectivity index (χ2n) is 10.8. The number of benzene rings is 1. The Morgan fingerprint density at radius 1 is 1.03 bits per heavy atom. The van der Waals surface area contributed by atoms with E-state index in [1.54, 1.807) is 0 Å². The fourth-order valence-corrected chi connectivity index (χ4v) is 6.11. The van der Waals surface area contributed by atoms with E-state index in [4.69, 9.17) is 24.9 Å². The number of carbonyl (C=O) groups excluding carboxylic acids is 1. The Kier molecular flexibility index (Phi) is 7.71. The van der Waals surface area contributed by atoms with Gasteiger partial charge in [-0.2, -0.15) is 0 Å². The van der Waals surface area contributed by atoms with E-state index in [2.05, 4.69) is 31.5 Å². The minimum Gasteiger partial charge on any atom is -0.489 e. The normalized spacial score (nSPS) is 22.5. The first-order chi connectivity index (χ1) is 19.1. The molecule has 4 aliphatic heterocycles. The number of rotatable bonds is 7. The predicted molar refractivity (Wildman–Crippen MR) is 149 cm³/mol. The SMILES string of the molecule is CCc1nc(C(N)=O)c(Nc2ccc3c(c2)OC[C@@H]2CN(C4CCOCC4)CCN32)nc1NC1CCOCC1. The first kappa shape index (κ1) is 26.1. The summed E-state index contributed by atoms with van der Waals surface area (Å²) in [7, 11) is 0. The number of nitrogens with zero attached hydrogens (tertiary/aromatic N) is 4. The molecular formula is C28H39N7O4. The van der Waals surface area contributed by atoms with Crippen LogP contribution in [0.15, 0.2) is 18.2 Å². The molecule has 6 rings (SSSR count). The zero-order chi connectivity index (χ0) is 26.8. The molecule has 3 saturated heterocycles. The second kappa shape index (κ2) is 11.5. The molecule has 1 aromatic carbocycles. The highest BCUT2D eigenvalue weighted by Gasteiger charge is 2.35. The van der Waals surface area contributed by atoms with Gasteiger partial charge >= 0.3 is 0 Å². The van der Waals surface area contributed by atoms with E-state index in [-0.39, 0.29) is 11.7 Å². The maximum absolute atomic E-state index is 12.3. The van der Waals surface area contributed by atoms with Crippen molar-refractivity contribution in [1.29, 1.82) is 0 Å². The number of aromatic nitrogens is 2. The molecule has 4 aliphatic rings. The molecule has 1 amide bonds. The van der Waals surface area contributed by atoms with Gasteiger partial charge in [0.1, 0.15) is 12.4 Å². The number of nitrogens with one attached hydrogen (secondary N) is 2. The molecule has 39 heavy (non-hydrogen) atoms. The summed E-state index contributed by atoms with van der Waals surface area (Å²) in [5.74, 6) is 1.23. The maximum Gasteiger partial charge on any atom is 0.271 e. The van der Waals surface area contributed by atoms with Crippen LogP contribution in [-0.4, -0.2) is 91.6 Å². The summed E-state index contributed by atoms with van der Waals surface area (Å²) in [4.78, 5) is 26.8. The van der Waals surface area contributed by atoms with Crippen LogP contribution in [0.5, 0.6) is 5.75 Å². The first-order valence-corrected chi connectivity index (χ1v) is 14.3. The molecule has 1 aromatic heterocycles. The number of hydrogen-bond donors (Lipinski definition) is 3. The minimum absolute atomic E-state index is 0.132. The molecule has 1 atom stereocenters. The molecule has 2 aromatic rings. The summed E-state index contributed by atoms with van der Waals surface area (Å²) < 4.78 is 17.3. The van der Waals surface area contributed by atoms with Gasteiger partial charge in [0.15, 0.2) is 17.3 Å². The van der Waals surface area contributed by atoms with Crippen LogP contribution in [0.2, 0.25) is 0 Å². The Hall–Kier alpha value is -3.15. The quantitative estimate of drug-likeness (QED) is 0.485. The van der Waals surface area contributed by atoms with Crippen LogP contribution in [0.3, 0.4) is 0 Å². The van der Waals surface area contributed by atoms with Crippen molar-refractivity contribution in [1.82, 2.24) is 14.9 Å². The Bertz CT molecular complexity index is 1180. The molecule has 3 fully saturated rings. The summed E-state index contributed by atoms with van der Waals surface area (Å²) >= 11 is 0. The highest BCUT2D eigenvalue weighted by molar-refractivity contribution is 5.96. The van der Waals surface area contributed by atoms with Crippen LogP contribution in [0, 0.1) is 0 Å². The van der Waals surface area contributed by atoms with Crippen LogP contribution >= 0.6 is 0 Å². The third-order valence-corrected chi connectivity index (χ3v) is 8.28. The molecule has 5 heterocycles. The Morgan fingerprint density at radius 3 is 2.54 bits per heavy atom. The molecule has 11 nitrogen and oxygen atoms in total.